The lowest BCUT2D eigenvalue weighted by molar-refractivity contribution is -0.124. The van der Waals surface area contributed by atoms with Crippen LogP contribution in [-0.2, 0) is 16.0 Å². The molecule has 1 atom stereocenters. The second-order valence-corrected chi connectivity index (χ2v) is 6.91. The number of amides is 2. The van der Waals surface area contributed by atoms with Crippen LogP contribution in [-0.4, -0.2) is 24.9 Å². The van der Waals surface area contributed by atoms with Crippen LogP contribution in [0.15, 0.2) is 48.5 Å². The van der Waals surface area contributed by atoms with E-state index in [2.05, 4.69) is 6.07 Å². The van der Waals surface area contributed by atoms with E-state index >= 15 is 0 Å². The number of benzene rings is 2. The minimum atomic E-state index is -0.265. The molecular formula is C21H22N2O2. The molecule has 0 radical (unpaired) electrons. The summed E-state index contributed by atoms with van der Waals surface area (Å²) >= 11 is 0. The average molecular weight is 334 g/mol. The summed E-state index contributed by atoms with van der Waals surface area (Å²) in [7, 11) is 0. The van der Waals surface area contributed by atoms with Crippen LogP contribution in [0.4, 0.5) is 11.4 Å². The highest BCUT2D eigenvalue weighted by Gasteiger charge is 2.38. The van der Waals surface area contributed by atoms with Gasteiger partial charge in [-0.1, -0.05) is 36.4 Å². The van der Waals surface area contributed by atoms with E-state index in [1.54, 1.807) is 4.90 Å². The molecule has 2 aliphatic rings. The van der Waals surface area contributed by atoms with Crippen molar-refractivity contribution in [2.45, 2.75) is 26.2 Å². The van der Waals surface area contributed by atoms with Crippen LogP contribution in [0.25, 0.3) is 0 Å². The van der Waals surface area contributed by atoms with Gasteiger partial charge in [0.05, 0.1) is 5.92 Å². The highest BCUT2D eigenvalue weighted by molar-refractivity contribution is 6.05. The maximum atomic E-state index is 13.1. The molecule has 4 rings (SSSR count). The normalized spacial score (nSPS) is 19.9. The van der Waals surface area contributed by atoms with Gasteiger partial charge in [0.1, 0.15) is 0 Å². The first-order chi connectivity index (χ1) is 12.1. The molecule has 0 bridgehead atoms. The maximum Gasteiger partial charge on any atom is 0.232 e. The number of fused-ring (bicyclic) bond motifs is 1. The molecule has 128 valence electrons. The summed E-state index contributed by atoms with van der Waals surface area (Å²) in [5.41, 5.74) is 4.22. The van der Waals surface area contributed by atoms with Crippen LogP contribution in [0.1, 0.15) is 24.0 Å². The van der Waals surface area contributed by atoms with Gasteiger partial charge in [-0.25, -0.2) is 0 Å². The van der Waals surface area contributed by atoms with Gasteiger partial charge in [0.2, 0.25) is 11.8 Å². The Labute approximate surface area is 148 Å². The molecule has 0 N–H and O–H groups in total. The third-order valence-corrected chi connectivity index (χ3v) is 5.26. The molecule has 0 unspecified atom stereocenters. The quantitative estimate of drug-likeness (QED) is 0.845. The van der Waals surface area contributed by atoms with Crippen molar-refractivity contribution >= 4 is 23.2 Å². The van der Waals surface area contributed by atoms with E-state index < -0.39 is 0 Å². The van der Waals surface area contributed by atoms with Crippen molar-refractivity contribution in [2.75, 3.05) is 22.9 Å². The monoisotopic (exact) mass is 334 g/mol. The van der Waals surface area contributed by atoms with Gasteiger partial charge in [-0.05, 0) is 43.0 Å². The van der Waals surface area contributed by atoms with Gasteiger partial charge in [-0.2, -0.15) is 0 Å². The molecule has 0 aromatic heterocycles. The first-order valence-electron chi connectivity index (χ1n) is 8.90. The Hall–Kier alpha value is -2.62. The number of para-hydroxylation sites is 2. The Morgan fingerprint density at radius 2 is 1.76 bits per heavy atom. The smallest absolute Gasteiger partial charge is 0.232 e. The van der Waals surface area contributed by atoms with E-state index in [0.29, 0.717) is 13.0 Å². The van der Waals surface area contributed by atoms with E-state index in [9.17, 15) is 9.59 Å². The zero-order chi connectivity index (χ0) is 17.4. The summed E-state index contributed by atoms with van der Waals surface area (Å²) in [6.07, 6.45) is 2.29. The van der Waals surface area contributed by atoms with Gasteiger partial charge in [-0.15, -0.1) is 0 Å². The van der Waals surface area contributed by atoms with Gasteiger partial charge in [0.25, 0.3) is 0 Å². The van der Waals surface area contributed by atoms with Crippen LogP contribution in [0.2, 0.25) is 0 Å². The van der Waals surface area contributed by atoms with Gasteiger partial charge >= 0.3 is 0 Å². The minimum absolute atomic E-state index is 0.0398. The van der Waals surface area contributed by atoms with Crippen molar-refractivity contribution in [1.82, 2.24) is 0 Å². The molecular weight excluding hydrogens is 312 g/mol. The maximum absolute atomic E-state index is 13.1. The van der Waals surface area contributed by atoms with Gasteiger partial charge in [0.15, 0.2) is 0 Å². The molecule has 1 fully saturated rings. The fraction of sp³-hybridized carbons (Fsp3) is 0.333. The number of nitrogens with zero attached hydrogens (tertiary/aromatic N) is 2. The minimum Gasteiger partial charge on any atom is -0.312 e. The number of hydrogen-bond donors (Lipinski definition) is 0. The lowest BCUT2D eigenvalue weighted by Gasteiger charge is -2.31. The summed E-state index contributed by atoms with van der Waals surface area (Å²) in [4.78, 5) is 29.3. The third-order valence-electron chi connectivity index (χ3n) is 5.26. The van der Waals surface area contributed by atoms with Crippen LogP contribution < -0.4 is 9.80 Å². The number of carbonyl (C=O) groups excluding carboxylic acids is 2. The molecule has 1 saturated heterocycles. The van der Waals surface area contributed by atoms with Crippen LogP contribution in [0.3, 0.4) is 0 Å². The van der Waals surface area contributed by atoms with Gasteiger partial charge in [0, 0.05) is 30.9 Å². The summed E-state index contributed by atoms with van der Waals surface area (Å²) < 4.78 is 0. The Bertz CT molecular complexity index is 830. The lowest BCUT2D eigenvalue weighted by Crippen LogP contribution is -2.40. The Morgan fingerprint density at radius 1 is 1.04 bits per heavy atom. The predicted octanol–water partition coefficient (Wildman–Crippen LogP) is 3.33. The molecule has 0 saturated carbocycles. The first-order valence-corrected chi connectivity index (χ1v) is 8.90. The summed E-state index contributed by atoms with van der Waals surface area (Å²) in [5.74, 6) is -0.146. The molecule has 4 nitrogen and oxygen atoms in total. The molecule has 0 aliphatic carbocycles. The molecule has 2 heterocycles. The summed E-state index contributed by atoms with van der Waals surface area (Å²) in [5, 5.41) is 0. The van der Waals surface area contributed by atoms with Gasteiger partial charge in [-0.3, -0.25) is 9.59 Å². The Kier molecular flexibility index (Phi) is 4.04. The zero-order valence-electron chi connectivity index (χ0n) is 14.4. The largest absolute Gasteiger partial charge is 0.312 e. The predicted molar refractivity (Wildman–Crippen MR) is 98.8 cm³/mol. The molecule has 4 heteroatoms. The number of hydrogen-bond acceptors (Lipinski definition) is 2. The highest BCUT2D eigenvalue weighted by atomic mass is 16.2. The zero-order valence-corrected chi connectivity index (χ0v) is 14.4. The van der Waals surface area contributed by atoms with Gasteiger partial charge < -0.3 is 9.80 Å². The molecule has 2 amide bonds. The Morgan fingerprint density at radius 3 is 2.56 bits per heavy atom. The van der Waals surface area contributed by atoms with Crippen molar-refractivity contribution in [3.05, 3.63) is 59.7 Å². The van der Waals surface area contributed by atoms with E-state index in [1.807, 2.05) is 54.3 Å². The van der Waals surface area contributed by atoms with Crippen LogP contribution in [0.5, 0.6) is 0 Å². The van der Waals surface area contributed by atoms with Crippen molar-refractivity contribution in [3.63, 3.8) is 0 Å². The number of aryl methyl sites for hydroxylation is 2. The van der Waals surface area contributed by atoms with Crippen molar-refractivity contribution < 1.29 is 9.59 Å². The van der Waals surface area contributed by atoms with Crippen molar-refractivity contribution in [1.29, 1.82) is 0 Å². The second-order valence-electron chi connectivity index (χ2n) is 6.91. The number of anilines is 2. The average Bonchev–Trinajstić information content (AvgIpc) is 3.02. The molecule has 2 aliphatic heterocycles. The summed E-state index contributed by atoms with van der Waals surface area (Å²) in [6.45, 7) is 3.21. The standard InChI is InChI=1S/C21H22N2O2/c1-15-7-2-4-10-18(15)23-14-17(13-20(23)24)21(25)22-12-6-9-16-8-3-5-11-19(16)22/h2-5,7-8,10-11,17H,6,9,12-14H2,1H3/t17-/m0/s1. The molecule has 0 spiro atoms. The van der Waals surface area contributed by atoms with E-state index in [-0.39, 0.29) is 17.7 Å². The molecule has 2 aromatic rings. The SMILES string of the molecule is Cc1ccccc1N1C[C@@H](C(=O)N2CCCc3ccccc32)CC1=O. The summed E-state index contributed by atoms with van der Waals surface area (Å²) in [6, 6.07) is 16.0. The number of carbonyl (C=O) groups is 2. The molecule has 25 heavy (non-hydrogen) atoms. The fourth-order valence-corrected chi connectivity index (χ4v) is 3.96. The fourth-order valence-electron chi connectivity index (χ4n) is 3.96. The van der Waals surface area contributed by atoms with Crippen LogP contribution in [0, 0.1) is 12.8 Å². The highest BCUT2D eigenvalue weighted by Crippen LogP contribution is 2.32. The number of rotatable bonds is 2. The third kappa shape index (κ3) is 2.82. The van der Waals surface area contributed by atoms with Crippen molar-refractivity contribution in [3.8, 4) is 0 Å². The van der Waals surface area contributed by atoms with E-state index in [0.717, 1.165) is 36.3 Å². The van der Waals surface area contributed by atoms with Crippen LogP contribution >= 0.6 is 0 Å². The molecule has 2 aromatic carbocycles. The topological polar surface area (TPSA) is 40.6 Å². The van der Waals surface area contributed by atoms with Crippen molar-refractivity contribution in [2.24, 2.45) is 5.92 Å². The Balaban J connectivity index is 1.57. The van der Waals surface area contributed by atoms with E-state index in [4.69, 9.17) is 0 Å². The first kappa shape index (κ1) is 15.9. The lowest BCUT2D eigenvalue weighted by atomic mass is 9.99. The second kappa shape index (κ2) is 6.36. The van der Waals surface area contributed by atoms with E-state index in [1.165, 1.54) is 5.56 Å².